The maximum atomic E-state index is 5.31. The summed E-state index contributed by atoms with van der Waals surface area (Å²) in [5.74, 6) is 2.45. The van der Waals surface area contributed by atoms with Crippen LogP contribution in [-0.4, -0.2) is 20.4 Å². The molecule has 0 radical (unpaired) electrons. The molecule has 74 valence electrons. The minimum Gasteiger partial charge on any atom is -0.496 e. The lowest BCUT2D eigenvalue weighted by Gasteiger charge is -2.07. The fourth-order valence-electron chi connectivity index (χ4n) is 1.67. The second-order valence-corrected chi connectivity index (χ2v) is 3.41. The van der Waals surface area contributed by atoms with Gasteiger partial charge in [0.25, 0.3) is 0 Å². The summed E-state index contributed by atoms with van der Waals surface area (Å²) in [6.07, 6.45) is 0. The Balaban J connectivity index is 2.08. The van der Waals surface area contributed by atoms with Crippen molar-refractivity contribution in [1.29, 1.82) is 0 Å². The van der Waals surface area contributed by atoms with Crippen molar-refractivity contribution in [2.24, 2.45) is 0 Å². The van der Waals surface area contributed by atoms with E-state index in [0.29, 0.717) is 12.8 Å². The summed E-state index contributed by atoms with van der Waals surface area (Å²) in [5.41, 5.74) is 1.15. The number of ether oxygens (including phenoxy) is 3. The number of hydrogen-bond acceptors (Lipinski definition) is 4. The molecule has 14 heavy (non-hydrogen) atoms. The van der Waals surface area contributed by atoms with Gasteiger partial charge in [0.1, 0.15) is 5.75 Å². The zero-order chi connectivity index (χ0) is 9.54. The SMILES string of the molecule is COc1cc2c(cc1[C@H]1CN1)OCO2. The standard InChI is InChI=1S/C10H11NO3/c1-12-8-3-10-9(13-5-14-10)2-6(8)7-4-11-7/h2-3,7,11H,4-5H2,1H3/t7-/m1/s1. The maximum absolute atomic E-state index is 5.31. The lowest BCUT2D eigenvalue weighted by atomic mass is 10.1. The Morgan fingerprint density at radius 2 is 2.07 bits per heavy atom. The van der Waals surface area contributed by atoms with Gasteiger partial charge in [-0.05, 0) is 6.07 Å². The van der Waals surface area contributed by atoms with Crippen LogP contribution in [0.3, 0.4) is 0 Å². The van der Waals surface area contributed by atoms with Crippen molar-refractivity contribution in [3.8, 4) is 17.2 Å². The minimum atomic E-state index is 0.306. The second kappa shape index (κ2) is 2.78. The van der Waals surface area contributed by atoms with Gasteiger partial charge in [0, 0.05) is 24.2 Å². The van der Waals surface area contributed by atoms with E-state index in [2.05, 4.69) is 5.32 Å². The lowest BCUT2D eigenvalue weighted by molar-refractivity contribution is 0.174. The van der Waals surface area contributed by atoms with Crippen LogP contribution in [0.2, 0.25) is 0 Å². The van der Waals surface area contributed by atoms with Gasteiger partial charge in [-0.25, -0.2) is 0 Å². The molecular weight excluding hydrogens is 182 g/mol. The van der Waals surface area contributed by atoms with Crippen LogP contribution in [0.4, 0.5) is 0 Å². The third-order valence-electron chi connectivity index (χ3n) is 2.51. The van der Waals surface area contributed by atoms with Gasteiger partial charge in [0.2, 0.25) is 6.79 Å². The van der Waals surface area contributed by atoms with Crippen LogP contribution in [0.5, 0.6) is 17.2 Å². The first kappa shape index (κ1) is 7.94. The van der Waals surface area contributed by atoms with Crippen LogP contribution in [0, 0.1) is 0 Å². The van der Waals surface area contributed by atoms with E-state index in [4.69, 9.17) is 14.2 Å². The molecule has 3 rings (SSSR count). The highest BCUT2D eigenvalue weighted by Gasteiger charge is 2.28. The van der Waals surface area contributed by atoms with Gasteiger partial charge in [-0.2, -0.15) is 0 Å². The third-order valence-corrected chi connectivity index (χ3v) is 2.51. The Bertz CT molecular complexity index is 374. The normalized spacial score (nSPS) is 22.2. The molecule has 1 aromatic carbocycles. The maximum Gasteiger partial charge on any atom is 0.231 e. The first-order chi connectivity index (χ1) is 6.88. The highest BCUT2D eigenvalue weighted by atomic mass is 16.7. The van der Waals surface area contributed by atoms with Gasteiger partial charge >= 0.3 is 0 Å². The molecule has 1 fully saturated rings. The molecule has 0 aliphatic carbocycles. The zero-order valence-corrected chi connectivity index (χ0v) is 7.87. The Kier molecular flexibility index (Phi) is 1.58. The molecule has 1 aromatic rings. The number of rotatable bonds is 2. The molecule has 2 heterocycles. The van der Waals surface area contributed by atoms with Gasteiger partial charge in [-0.3, -0.25) is 0 Å². The van der Waals surface area contributed by atoms with Crippen molar-refractivity contribution in [2.45, 2.75) is 6.04 Å². The predicted molar refractivity (Wildman–Crippen MR) is 49.9 cm³/mol. The molecule has 2 aliphatic heterocycles. The Hall–Kier alpha value is -1.42. The Morgan fingerprint density at radius 1 is 1.36 bits per heavy atom. The van der Waals surface area contributed by atoms with Crippen LogP contribution >= 0.6 is 0 Å². The number of methoxy groups -OCH3 is 1. The second-order valence-electron chi connectivity index (χ2n) is 3.41. The molecule has 0 amide bonds. The summed E-state index contributed by atoms with van der Waals surface area (Å²) < 4.78 is 15.9. The van der Waals surface area contributed by atoms with Crippen LogP contribution in [0.25, 0.3) is 0 Å². The molecule has 1 atom stereocenters. The average molecular weight is 193 g/mol. The minimum absolute atomic E-state index is 0.306. The van der Waals surface area contributed by atoms with Crippen molar-refractivity contribution in [1.82, 2.24) is 5.32 Å². The van der Waals surface area contributed by atoms with Gasteiger partial charge in [0.15, 0.2) is 11.5 Å². The first-order valence-electron chi connectivity index (χ1n) is 4.59. The van der Waals surface area contributed by atoms with Crippen LogP contribution in [-0.2, 0) is 0 Å². The fourth-order valence-corrected chi connectivity index (χ4v) is 1.67. The van der Waals surface area contributed by atoms with E-state index in [1.807, 2.05) is 12.1 Å². The molecule has 4 heteroatoms. The van der Waals surface area contributed by atoms with Crippen molar-refractivity contribution in [2.75, 3.05) is 20.4 Å². The smallest absolute Gasteiger partial charge is 0.231 e. The number of fused-ring (bicyclic) bond motifs is 1. The van der Waals surface area contributed by atoms with Crippen molar-refractivity contribution >= 4 is 0 Å². The topological polar surface area (TPSA) is 49.6 Å². The van der Waals surface area contributed by atoms with Crippen molar-refractivity contribution in [3.05, 3.63) is 17.7 Å². The molecule has 0 aromatic heterocycles. The van der Waals surface area contributed by atoms with Crippen LogP contribution in [0.1, 0.15) is 11.6 Å². The first-order valence-corrected chi connectivity index (χ1v) is 4.59. The average Bonchev–Trinajstić information content (AvgIpc) is 2.95. The van der Waals surface area contributed by atoms with Gasteiger partial charge in [0.05, 0.1) is 7.11 Å². The molecule has 4 nitrogen and oxygen atoms in total. The summed E-state index contributed by atoms with van der Waals surface area (Å²) in [5, 5.41) is 3.24. The molecule has 2 aliphatic rings. The highest BCUT2D eigenvalue weighted by Crippen LogP contribution is 2.41. The van der Waals surface area contributed by atoms with E-state index >= 15 is 0 Å². The lowest BCUT2D eigenvalue weighted by Crippen LogP contribution is -1.93. The van der Waals surface area contributed by atoms with Gasteiger partial charge in [-0.1, -0.05) is 0 Å². The third kappa shape index (κ3) is 1.11. The number of nitrogens with one attached hydrogen (secondary N) is 1. The largest absolute Gasteiger partial charge is 0.496 e. The Labute approximate surface area is 81.8 Å². The summed E-state index contributed by atoms with van der Waals surface area (Å²) >= 11 is 0. The van der Waals surface area contributed by atoms with Gasteiger partial charge in [-0.15, -0.1) is 0 Å². The van der Waals surface area contributed by atoms with Crippen LogP contribution < -0.4 is 19.5 Å². The van der Waals surface area contributed by atoms with Crippen molar-refractivity contribution < 1.29 is 14.2 Å². The van der Waals surface area contributed by atoms with E-state index in [1.54, 1.807) is 7.11 Å². The van der Waals surface area contributed by atoms with Crippen LogP contribution in [0.15, 0.2) is 12.1 Å². The number of hydrogen-bond donors (Lipinski definition) is 1. The quantitative estimate of drug-likeness (QED) is 0.714. The molecular formula is C10H11NO3. The molecule has 0 unspecified atom stereocenters. The molecule has 0 bridgehead atoms. The van der Waals surface area contributed by atoms with Crippen molar-refractivity contribution in [3.63, 3.8) is 0 Å². The Morgan fingerprint density at radius 3 is 2.71 bits per heavy atom. The van der Waals surface area contributed by atoms with E-state index in [1.165, 1.54) is 0 Å². The number of benzene rings is 1. The molecule has 1 N–H and O–H groups in total. The predicted octanol–water partition coefficient (Wildman–Crippen LogP) is 1.07. The van der Waals surface area contributed by atoms with E-state index in [-0.39, 0.29) is 0 Å². The highest BCUT2D eigenvalue weighted by molar-refractivity contribution is 5.53. The molecule has 0 spiro atoms. The monoisotopic (exact) mass is 193 g/mol. The summed E-state index contributed by atoms with van der Waals surface area (Å²) in [4.78, 5) is 0. The zero-order valence-electron chi connectivity index (χ0n) is 7.87. The van der Waals surface area contributed by atoms with E-state index in [9.17, 15) is 0 Å². The summed E-state index contributed by atoms with van der Waals surface area (Å²) in [6.45, 7) is 1.32. The summed E-state index contributed by atoms with van der Waals surface area (Å²) in [6, 6.07) is 4.29. The van der Waals surface area contributed by atoms with E-state index < -0.39 is 0 Å². The fraction of sp³-hybridized carbons (Fsp3) is 0.400. The van der Waals surface area contributed by atoms with E-state index in [0.717, 1.165) is 29.4 Å². The summed E-state index contributed by atoms with van der Waals surface area (Å²) in [7, 11) is 1.67. The molecule has 0 saturated carbocycles. The molecule has 1 saturated heterocycles. The van der Waals surface area contributed by atoms with Gasteiger partial charge < -0.3 is 19.5 Å².